The Hall–Kier alpha value is -3.02. The molecule has 3 aromatic carbocycles. The highest BCUT2D eigenvalue weighted by Crippen LogP contribution is 2.37. The molecule has 0 saturated carbocycles. The molecule has 0 atom stereocenters. The fraction of sp³-hybridized carbons (Fsp3) is 0.120. The Bertz CT molecular complexity index is 1180. The van der Waals surface area contributed by atoms with E-state index < -0.39 is 5.91 Å². The Morgan fingerprint density at radius 3 is 2.47 bits per heavy atom. The van der Waals surface area contributed by atoms with Gasteiger partial charge in [-0.2, -0.15) is 5.26 Å². The molecule has 162 valence electrons. The van der Waals surface area contributed by atoms with Crippen LogP contribution in [0.2, 0.25) is 5.02 Å². The highest BCUT2D eigenvalue weighted by Gasteiger charge is 2.14. The van der Waals surface area contributed by atoms with Crippen LogP contribution in [0.3, 0.4) is 0 Å². The van der Waals surface area contributed by atoms with Crippen molar-refractivity contribution in [1.29, 1.82) is 5.26 Å². The topological polar surface area (TPSA) is 71.3 Å². The second-order valence-corrected chi connectivity index (χ2v) is 8.59. The number of benzene rings is 3. The number of nitrogens with zero attached hydrogens (tertiary/aromatic N) is 1. The molecule has 32 heavy (non-hydrogen) atoms. The van der Waals surface area contributed by atoms with Crippen molar-refractivity contribution in [3.8, 4) is 17.6 Å². The number of amides is 1. The van der Waals surface area contributed by atoms with Gasteiger partial charge in [0.1, 0.15) is 18.2 Å². The van der Waals surface area contributed by atoms with Gasteiger partial charge < -0.3 is 14.8 Å². The summed E-state index contributed by atoms with van der Waals surface area (Å²) in [6.07, 6.45) is 1.46. The molecule has 7 heteroatoms. The standard InChI is InChI=1S/C25H20ClIN2O3/c1-16-3-9-21(10-4-16)29-25(30)19(14-28)11-18-12-22(26)24(23(13-18)31-2)32-15-17-5-7-20(27)8-6-17/h3-13H,15H2,1-2H3,(H,29,30)/b19-11+. The third kappa shape index (κ3) is 6.25. The van der Waals surface area contributed by atoms with Gasteiger partial charge in [0.2, 0.25) is 0 Å². The molecule has 0 aliphatic rings. The number of nitriles is 1. The normalized spacial score (nSPS) is 10.9. The molecule has 0 heterocycles. The molecule has 1 amide bonds. The average molecular weight is 559 g/mol. The second kappa shape index (κ2) is 11.0. The van der Waals surface area contributed by atoms with Crippen LogP contribution in [0.5, 0.6) is 11.5 Å². The first-order valence-corrected chi connectivity index (χ1v) is 11.1. The Labute approximate surface area is 205 Å². The SMILES string of the molecule is COc1cc(/C=C(\C#N)C(=O)Nc2ccc(C)cc2)cc(Cl)c1OCc1ccc(I)cc1. The lowest BCUT2D eigenvalue weighted by Gasteiger charge is -2.14. The van der Waals surface area contributed by atoms with E-state index in [1.165, 1.54) is 13.2 Å². The summed E-state index contributed by atoms with van der Waals surface area (Å²) in [7, 11) is 1.51. The third-order valence-corrected chi connectivity index (χ3v) is 5.53. The Kier molecular flexibility index (Phi) is 8.14. The van der Waals surface area contributed by atoms with Crippen LogP contribution in [0.4, 0.5) is 5.69 Å². The van der Waals surface area contributed by atoms with E-state index in [1.54, 1.807) is 24.3 Å². The highest BCUT2D eigenvalue weighted by atomic mass is 127. The molecule has 3 rings (SSSR count). The lowest BCUT2D eigenvalue weighted by atomic mass is 10.1. The van der Waals surface area contributed by atoms with Gasteiger partial charge in [0, 0.05) is 9.26 Å². The van der Waals surface area contributed by atoms with E-state index in [2.05, 4.69) is 27.9 Å². The maximum absolute atomic E-state index is 12.5. The Balaban J connectivity index is 1.80. The number of carbonyl (C=O) groups excluding carboxylic acids is 1. The number of aryl methyl sites for hydroxylation is 1. The summed E-state index contributed by atoms with van der Waals surface area (Å²) in [4.78, 5) is 12.5. The predicted molar refractivity (Wildman–Crippen MR) is 135 cm³/mol. The first-order valence-electron chi connectivity index (χ1n) is 9.64. The number of nitrogens with one attached hydrogen (secondary N) is 1. The van der Waals surface area contributed by atoms with Crippen molar-refractivity contribution in [2.45, 2.75) is 13.5 Å². The lowest BCUT2D eigenvalue weighted by molar-refractivity contribution is -0.112. The predicted octanol–water partition coefficient (Wildman–Crippen LogP) is 6.39. The minimum absolute atomic E-state index is 0.0590. The molecular formula is C25H20ClIN2O3. The minimum Gasteiger partial charge on any atom is -0.493 e. The average Bonchev–Trinajstić information content (AvgIpc) is 2.79. The van der Waals surface area contributed by atoms with Gasteiger partial charge in [-0.25, -0.2) is 0 Å². The van der Waals surface area contributed by atoms with Crippen LogP contribution < -0.4 is 14.8 Å². The minimum atomic E-state index is -0.509. The second-order valence-electron chi connectivity index (χ2n) is 6.94. The van der Waals surface area contributed by atoms with Crippen LogP contribution in [-0.4, -0.2) is 13.0 Å². The molecule has 0 aromatic heterocycles. The first-order chi connectivity index (χ1) is 15.4. The maximum Gasteiger partial charge on any atom is 0.266 e. The van der Waals surface area contributed by atoms with Gasteiger partial charge in [0.25, 0.3) is 5.91 Å². The number of anilines is 1. The molecular weight excluding hydrogens is 539 g/mol. The summed E-state index contributed by atoms with van der Waals surface area (Å²) in [5.74, 6) is 0.295. The number of ether oxygens (including phenoxy) is 2. The monoisotopic (exact) mass is 558 g/mol. The van der Waals surface area contributed by atoms with Gasteiger partial charge in [-0.3, -0.25) is 4.79 Å². The number of carbonyl (C=O) groups is 1. The maximum atomic E-state index is 12.5. The molecule has 0 radical (unpaired) electrons. The highest BCUT2D eigenvalue weighted by molar-refractivity contribution is 14.1. The molecule has 0 bridgehead atoms. The molecule has 3 aromatic rings. The smallest absolute Gasteiger partial charge is 0.266 e. The zero-order chi connectivity index (χ0) is 23.1. The summed E-state index contributed by atoms with van der Waals surface area (Å²) in [6.45, 7) is 2.28. The third-order valence-electron chi connectivity index (χ3n) is 4.53. The summed E-state index contributed by atoms with van der Waals surface area (Å²) < 4.78 is 12.5. The van der Waals surface area contributed by atoms with E-state index in [4.69, 9.17) is 21.1 Å². The van der Waals surface area contributed by atoms with E-state index >= 15 is 0 Å². The molecule has 0 unspecified atom stereocenters. The van der Waals surface area contributed by atoms with Crippen molar-refractivity contribution in [2.75, 3.05) is 12.4 Å². The Morgan fingerprint density at radius 1 is 1.16 bits per heavy atom. The van der Waals surface area contributed by atoms with Gasteiger partial charge >= 0.3 is 0 Å². The van der Waals surface area contributed by atoms with Crippen molar-refractivity contribution < 1.29 is 14.3 Å². The number of hydrogen-bond acceptors (Lipinski definition) is 4. The van der Waals surface area contributed by atoms with Gasteiger partial charge in [-0.15, -0.1) is 0 Å². The van der Waals surface area contributed by atoms with Crippen molar-refractivity contribution in [3.63, 3.8) is 0 Å². The molecule has 1 N–H and O–H groups in total. The van der Waals surface area contributed by atoms with Crippen molar-refractivity contribution in [3.05, 3.63) is 91.5 Å². The number of halogens is 2. The number of hydrogen-bond donors (Lipinski definition) is 1. The summed E-state index contributed by atoms with van der Waals surface area (Å²) in [6, 6.07) is 20.5. The molecule has 0 aliphatic heterocycles. The van der Waals surface area contributed by atoms with E-state index in [1.807, 2.05) is 49.4 Å². The van der Waals surface area contributed by atoms with Crippen LogP contribution in [0.25, 0.3) is 6.08 Å². The van der Waals surface area contributed by atoms with Gasteiger partial charge in [-0.05, 0) is 83.1 Å². The largest absolute Gasteiger partial charge is 0.493 e. The van der Waals surface area contributed by atoms with Crippen molar-refractivity contribution in [2.24, 2.45) is 0 Å². The van der Waals surface area contributed by atoms with Crippen LogP contribution in [0.15, 0.2) is 66.2 Å². The van der Waals surface area contributed by atoms with Gasteiger partial charge in [0.05, 0.1) is 12.1 Å². The van der Waals surface area contributed by atoms with Crippen LogP contribution in [0.1, 0.15) is 16.7 Å². The van der Waals surface area contributed by atoms with Crippen LogP contribution in [0, 0.1) is 21.8 Å². The lowest BCUT2D eigenvalue weighted by Crippen LogP contribution is -2.13. The molecule has 0 aliphatic carbocycles. The van der Waals surface area contributed by atoms with Gasteiger partial charge in [-0.1, -0.05) is 41.4 Å². The van der Waals surface area contributed by atoms with E-state index in [-0.39, 0.29) is 5.57 Å². The number of methoxy groups -OCH3 is 1. The van der Waals surface area contributed by atoms with E-state index in [9.17, 15) is 10.1 Å². The molecule has 0 fully saturated rings. The first kappa shape index (κ1) is 23.6. The van der Waals surface area contributed by atoms with E-state index in [0.717, 1.165) is 14.7 Å². The van der Waals surface area contributed by atoms with E-state index in [0.29, 0.717) is 34.4 Å². The fourth-order valence-electron chi connectivity index (χ4n) is 2.85. The molecule has 5 nitrogen and oxygen atoms in total. The summed E-state index contributed by atoms with van der Waals surface area (Å²) >= 11 is 8.68. The zero-order valence-electron chi connectivity index (χ0n) is 17.5. The fourth-order valence-corrected chi connectivity index (χ4v) is 3.48. The van der Waals surface area contributed by atoms with Gasteiger partial charge in [0.15, 0.2) is 11.5 Å². The van der Waals surface area contributed by atoms with Crippen LogP contribution >= 0.6 is 34.2 Å². The number of rotatable bonds is 7. The van der Waals surface area contributed by atoms with Crippen LogP contribution in [-0.2, 0) is 11.4 Å². The molecule has 0 spiro atoms. The summed E-state index contributed by atoms with van der Waals surface area (Å²) in [5, 5.41) is 12.5. The molecule has 0 saturated heterocycles. The quantitative estimate of drug-likeness (QED) is 0.207. The Morgan fingerprint density at radius 2 is 1.84 bits per heavy atom. The summed E-state index contributed by atoms with van der Waals surface area (Å²) in [5.41, 5.74) is 3.16. The van der Waals surface area contributed by atoms with Crippen molar-refractivity contribution in [1.82, 2.24) is 0 Å². The van der Waals surface area contributed by atoms with Crippen molar-refractivity contribution >= 4 is 51.9 Å². The zero-order valence-corrected chi connectivity index (χ0v) is 20.4.